The normalized spacial score (nSPS) is 11.1. The van der Waals surface area contributed by atoms with Crippen LogP contribution in [0.1, 0.15) is 10.6 Å². The van der Waals surface area contributed by atoms with Crippen molar-refractivity contribution < 1.29 is 0 Å². The second kappa shape index (κ2) is 3.42. The fourth-order valence-corrected chi connectivity index (χ4v) is 2.51. The molecule has 0 aliphatic carbocycles. The first-order valence-electron chi connectivity index (χ1n) is 5.13. The summed E-state index contributed by atoms with van der Waals surface area (Å²) < 4.78 is 1.85. The van der Waals surface area contributed by atoms with Gasteiger partial charge in [0.25, 0.3) is 0 Å². The third-order valence-electron chi connectivity index (χ3n) is 2.57. The van der Waals surface area contributed by atoms with Crippen LogP contribution in [-0.4, -0.2) is 14.6 Å². The van der Waals surface area contributed by atoms with Crippen LogP contribution in [0.5, 0.6) is 0 Å². The van der Waals surface area contributed by atoms with Gasteiger partial charge in [-0.3, -0.25) is 0 Å². The molecule has 0 atom stereocenters. The van der Waals surface area contributed by atoms with Gasteiger partial charge in [-0.1, -0.05) is 35.6 Å². The maximum Gasteiger partial charge on any atom is 0.212 e. The minimum absolute atomic E-state index is 0.954. The van der Waals surface area contributed by atoms with Crippen LogP contribution in [0, 0.1) is 13.8 Å². The molecule has 3 nitrogen and oxygen atoms in total. The number of imidazole rings is 1. The smallest absolute Gasteiger partial charge is 0.212 e. The summed E-state index contributed by atoms with van der Waals surface area (Å²) in [5.41, 5.74) is 3.42. The third-order valence-corrected chi connectivity index (χ3v) is 3.40. The zero-order valence-electron chi connectivity index (χ0n) is 9.14. The fourth-order valence-electron chi connectivity index (χ4n) is 1.79. The highest BCUT2D eigenvalue weighted by Crippen LogP contribution is 2.24. The Bertz CT molecular complexity index is 620. The SMILES string of the molecule is Cc1nn2cc(-c3ccccc3C)nc2s1. The summed E-state index contributed by atoms with van der Waals surface area (Å²) in [6.45, 7) is 4.09. The molecule has 0 fully saturated rings. The summed E-state index contributed by atoms with van der Waals surface area (Å²) in [6.07, 6.45) is 1.99. The molecular weight excluding hydrogens is 218 g/mol. The van der Waals surface area contributed by atoms with E-state index in [0.717, 1.165) is 15.7 Å². The highest BCUT2D eigenvalue weighted by atomic mass is 32.1. The molecule has 0 saturated carbocycles. The molecule has 0 bridgehead atoms. The van der Waals surface area contributed by atoms with Crippen molar-refractivity contribution in [2.45, 2.75) is 13.8 Å². The van der Waals surface area contributed by atoms with Gasteiger partial charge < -0.3 is 0 Å². The molecule has 2 aromatic heterocycles. The summed E-state index contributed by atoms with van der Waals surface area (Å²) in [6, 6.07) is 8.27. The van der Waals surface area contributed by atoms with E-state index >= 15 is 0 Å². The van der Waals surface area contributed by atoms with Gasteiger partial charge in [-0.2, -0.15) is 5.10 Å². The molecule has 4 heteroatoms. The number of aryl methyl sites for hydroxylation is 2. The number of fused-ring (bicyclic) bond motifs is 1. The lowest BCUT2D eigenvalue weighted by Gasteiger charge is -1.99. The first-order chi connectivity index (χ1) is 7.74. The molecule has 0 N–H and O–H groups in total. The Morgan fingerprint density at radius 2 is 2.00 bits per heavy atom. The first kappa shape index (κ1) is 9.54. The van der Waals surface area contributed by atoms with Crippen molar-refractivity contribution >= 4 is 16.3 Å². The zero-order chi connectivity index (χ0) is 11.1. The Morgan fingerprint density at radius 1 is 1.19 bits per heavy atom. The molecule has 0 saturated heterocycles. The van der Waals surface area contributed by atoms with Gasteiger partial charge in [-0.05, 0) is 19.4 Å². The number of rotatable bonds is 1. The lowest BCUT2D eigenvalue weighted by Crippen LogP contribution is -1.83. The quantitative estimate of drug-likeness (QED) is 0.642. The Morgan fingerprint density at radius 3 is 2.75 bits per heavy atom. The van der Waals surface area contributed by atoms with Gasteiger partial charge in [0.05, 0.1) is 11.9 Å². The van der Waals surface area contributed by atoms with Gasteiger partial charge in [0.15, 0.2) is 0 Å². The molecule has 2 heterocycles. The van der Waals surface area contributed by atoms with E-state index in [1.807, 2.05) is 29.8 Å². The number of aromatic nitrogens is 3. The molecule has 16 heavy (non-hydrogen) atoms. The van der Waals surface area contributed by atoms with E-state index < -0.39 is 0 Å². The van der Waals surface area contributed by atoms with E-state index in [4.69, 9.17) is 0 Å². The first-order valence-corrected chi connectivity index (χ1v) is 5.94. The standard InChI is InChI=1S/C12H11N3S/c1-8-5-3-4-6-10(8)11-7-15-12(13-11)16-9(2)14-15/h3-7H,1-2H3. The number of benzene rings is 1. The van der Waals surface area contributed by atoms with E-state index in [0.29, 0.717) is 0 Å². The Balaban J connectivity index is 2.19. The average Bonchev–Trinajstić information content (AvgIpc) is 2.75. The number of hydrogen-bond donors (Lipinski definition) is 0. The Kier molecular flexibility index (Phi) is 2.04. The lowest BCUT2D eigenvalue weighted by molar-refractivity contribution is 0.946. The van der Waals surface area contributed by atoms with Gasteiger partial charge >= 0.3 is 0 Å². The van der Waals surface area contributed by atoms with E-state index in [2.05, 4.69) is 29.1 Å². The lowest BCUT2D eigenvalue weighted by atomic mass is 10.1. The molecule has 0 aliphatic heterocycles. The minimum Gasteiger partial charge on any atom is -0.217 e. The van der Waals surface area contributed by atoms with E-state index in [1.54, 1.807) is 11.3 Å². The average molecular weight is 229 g/mol. The van der Waals surface area contributed by atoms with Crippen molar-refractivity contribution in [1.29, 1.82) is 0 Å². The van der Waals surface area contributed by atoms with E-state index in [9.17, 15) is 0 Å². The molecule has 3 rings (SSSR count). The van der Waals surface area contributed by atoms with Crippen LogP contribution in [0.3, 0.4) is 0 Å². The second-order valence-electron chi connectivity index (χ2n) is 3.79. The van der Waals surface area contributed by atoms with Crippen LogP contribution in [0.15, 0.2) is 30.5 Å². The molecule has 80 valence electrons. The topological polar surface area (TPSA) is 30.2 Å². The molecule has 3 aromatic rings. The van der Waals surface area contributed by atoms with Crippen LogP contribution in [0.25, 0.3) is 16.2 Å². The highest BCUT2D eigenvalue weighted by Gasteiger charge is 2.08. The van der Waals surface area contributed by atoms with Gasteiger partial charge in [-0.15, -0.1) is 0 Å². The van der Waals surface area contributed by atoms with Crippen molar-refractivity contribution in [2.75, 3.05) is 0 Å². The number of nitrogens with zero attached hydrogens (tertiary/aromatic N) is 3. The highest BCUT2D eigenvalue weighted by molar-refractivity contribution is 7.16. The van der Waals surface area contributed by atoms with Crippen molar-refractivity contribution in [3.63, 3.8) is 0 Å². The predicted molar refractivity (Wildman–Crippen MR) is 65.8 cm³/mol. The van der Waals surface area contributed by atoms with Crippen molar-refractivity contribution in [1.82, 2.24) is 14.6 Å². The predicted octanol–water partition coefficient (Wildman–Crippen LogP) is 3.07. The van der Waals surface area contributed by atoms with Crippen molar-refractivity contribution in [3.05, 3.63) is 41.0 Å². The molecule has 0 spiro atoms. The van der Waals surface area contributed by atoms with Gasteiger partial charge in [0, 0.05) is 5.56 Å². The molecule has 1 aromatic carbocycles. The summed E-state index contributed by atoms with van der Waals surface area (Å²) >= 11 is 1.61. The molecular formula is C12H11N3S. The summed E-state index contributed by atoms with van der Waals surface area (Å²) in [5, 5.41) is 5.40. The van der Waals surface area contributed by atoms with Gasteiger partial charge in [0.2, 0.25) is 4.96 Å². The summed E-state index contributed by atoms with van der Waals surface area (Å²) in [7, 11) is 0. The Labute approximate surface area is 97.4 Å². The van der Waals surface area contributed by atoms with Crippen LogP contribution in [0.4, 0.5) is 0 Å². The van der Waals surface area contributed by atoms with Crippen LogP contribution in [-0.2, 0) is 0 Å². The van der Waals surface area contributed by atoms with Crippen LogP contribution < -0.4 is 0 Å². The van der Waals surface area contributed by atoms with Crippen molar-refractivity contribution in [2.24, 2.45) is 0 Å². The third kappa shape index (κ3) is 1.42. The zero-order valence-corrected chi connectivity index (χ0v) is 9.95. The largest absolute Gasteiger partial charge is 0.217 e. The van der Waals surface area contributed by atoms with E-state index in [-0.39, 0.29) is 0 Å². The fraction of sp³-hybridized carbons (Fsp3) is 0.167. The monoisotopic (exact) mass is 229 g/mol. The minimum atomic E-state index is 0.954. The molecule has 0 radical (unpaired) electrons. The van der Waals surface area contributed by atoms with Gasteiger partial charge in [0.1, 0.15) is 5.01 Å². The molecule has 0 unspecified atom stereocenters. The maximum absolute atomic E-state index is 4.58. The van der Waals surface area contributed by atoms with Crippen molar-refractivity contribution in [3.8, 4) is 11.3 Å². The van der Waals surface area contributed by atoms with E-state index in [1.165, 1.54) is 11.1 Å². The number of hydrogen-bond acceptors (Lipinski definition) is 3. The Hall–Kier alpha value is -1.68. The van der Waals surface area contributed by atoms with Gasteiger partial charge in [-0.25, -0.2) is 9.50 Å². The summed E-state index contributed by atoms with van der Waals surface area (Å²) in [4.78, 5) is 5.54. The van der Waals surface area contributed by atoms with Crippen LogP contribution >= 0.6 is 11.3 Å². The maximum atomic E-state index is 4.58. The molecule has 0 aliphatic rings. The second-order valence-corrected chi connectivity index (χ2v) is 4.95. The molecule has 0 amide bonds. The van der Waals surface area contributed by atoms with Crippen LogP contribution in [0.2, 0.25) is 0 Å². The summed E-state index contributed by atoms with van der Waals surface area (Å²) in [5.74, 6) is 0.